The first-order valence-corrected chi connectivity index (χ1v) is 8.33. The first-order valence-electron chi connectivity index (χ1n) is 12.3. The second kappa shape index (κ2) is 5.49. The van der Waals surface area contributed by atoms with E-state index in [1.54, 1.807) is 25.3 Å². The zero-order valence-corrected chi connectivity index (χ0v) is 14.6. The predicted octanol–water partition coefficient (Wildman–Crippen LogP) is 6.70. The van der Waals surface area contributed by atoms with Crippen LogP contribution in [0.3, 0.4) is 0 Å². The van der Waals surface area contributed by atoms with E-state index in [0.29, 0.717) is 11.0 Å². The van der Waals surface area contributed by atoms with E-state index < -0.39 is 19.1 Å². The molecule has 0 radical (unpaired) electrons. The molecule has 1 heteroatoms. The number of hydrogen-bond donors (Lipinski definition) is 0. The maximum absolute atomic E-state index is 9.01. The lowest BCUT2D eigenvalue weighted by Crippen LogP contribution is -2.15. The summed E-state index contributed by atoms with van der Waals surface area (Å²) < 4.78 is 69.0. The van der Waals surface area contributed by atoms with Gasteiger partial charge in [0.15, 0.2) is 0 Å². The van der Waals surface area contributed by atoms with Crippen LogP contribution in [0.2, 0.25) is 0 Å². The van der Waals surface area contributed by atoms with Crippen LogP contribution in [0.25, 0.3) is 27.5 Å². The second-order valence-electron chi connectivity index (χ2n) is 7.34. The number of hydrogen-bond acceptors (Lipinski definition) is 0. The monoisotopic (exact) mass is 335 g/mol. The highest BCUT2D eigenvalue weighted by Gasteiger charge is 2.20. The minimum atomic E-state index is -2.74. The van der Waals surface area contributed by atoms with Gasteiger partial charge in [0.1, 0.15) is 0 Å². The lowest BCUT2D eigenvalue weighted by molar-refractivity contribution is 0.582. The quantitative estimate of drug-likeness (QED) is 0.365. The summed E-state index contributed by atoms with van der Waals surface area (Å²) >= 11 is 0. The Bertz CT molecular complexity index is 1290. The largest absolute Gasteiger partial charge is 0.309 e. The average molecular weight is 336 g/mol. The molecule has 1 heterocycles. The summed E-state index contributed by atoms with van der Waals surface area (Å²) in [4.78, 5) is 0. The van der Waals surface area contributed by atoms with Crippen LogP contribution in [0.15, 0.2) is 60.6 Å². The van der Waals surface area contributed by atoms with Crippen LogP contribution in [0, 0.1) is 13.7 Å². The third-order valence-electron chi connectivity index (χ3n) is 4.54. The molecule has 1 nitrogen and oxygen atoms in total. The Morgan fingerprint density at radius 2 is 1.28 bits per heavy atom. The topological polar surface area (TPSA) is 4.93 Å². The van der Waals surface area contributed by atoms with Crippen molar-refractivity contribution in [3.63, 3.8) is 0 Å². The predicted molar refractivity (Wildman–Crippen MR) is 109 cm³/mol. The molecule has 126 valence electrons. The van der Waals surface area contributed by atoms with Crippen LogP contribution >= 0.6 is 0 Å². The van der Waals surface area contributed by atoms with Gasteiger partial charge in [-0.1, -0.05) is 57.2 Å². The molecule has 0 amide bonds. The number of aromatic nitrogens is 1. The van der Waals surface area contributed by atoms with Gasteiger partial charge in [-0.3, -0.25) is 0 Å². The number of nitrogens with zero attached hydrogens (tertiary/aromatic N) is 1. The van der Waals surface area contributed by atoms with Crippen molar-refractivity contribution >= 4 is 21.8 Å². The van der Waals surface area contributed by atoms with Crippen molar-refractivity contribution in [2.45, 2.75) is 39.9 Å². The van der Waals surface area contributed by atoms with Gasteiger partial charge in [0.05, 0.1) is 13.8 Å². The highest BCUT2D eigenvalue weighted by molar-refractivity contribution is 6.09. The van der Waals surface area contributed by atoms with Crippen LogP contribution in [0.1, 0.15) is 48.4 Å². The van der Waals surface area contributed by atoms with E-state index in [1.165, 1.54) is 0 Å². The summed E-state index contributed by atoms with van der Waals surface area (Å²) in [5.74, 6) is 0. The Morgan fingerprint density at radius 1 is 0.800 bits per heavy atom. The van der Waals surface area contributed by atoms with E-state index in [0.717, 1.165) is 10.8 Å². The molecule has 0 aliphatic rings. The molecule has 1 aromatic heterocycles. The van der Waals surface area contributed by atoms with Gasteiger partial charge in [0.25, 0.3) is 0 Å². The molecule has 0 fully saturated rings. The smallest absolute Gasteiger partial charge is 0.0648 e. The first-order chi connectivity index (χ1) is 15.2. The highest BCUT2D eigenvalue weighted by atomic mass is 15.0. The van der Waals surface area contributed by atoms with Gasteiger partial charge in [0, 0.05) is 24.7 Å². The molecular weight excluding hydrogens is 302 g/mol. The Morgan fingerprint density at radius 3 is 1.72 bits per heavy atom. The van der Waals surface area contributed by atoms with Crippen LogP contribution < -0.4 is 0 Å². The molecule has 0 saturated carbocycles. The number of para-hydroxylation sites is 2. The van der Waals surface area contributed by atoms with Gasteiger partial charge in [-0.2, -0.15) is 0 Å². The average Bonchev–Trinajstić information content (AvgIpc) is 2.99. The fourth-order valence-corrected chi connectivity index (χ4v) is 3.54. The Labute approximate surface area is 161 Å². The molecule has 4 rings (SSSR count). The Hall–Kier alpha value is -2.54. The van der Waals surface area contributed by atoms with Gasteiger partial charge in [-0.25, -0.2) is 0 Å². The minimum absolute atomic E-state index is 0.0296. The summed E-state index contributed by atoms with van der Waals surface area (Å²) in [6.45, 7) is -0.328. The minimum Gasteiger partial charge on any atom is -0.309 e. The molecule has 3 aromatic carbocycles. The van der Waals surface area contributed by atoms with Crippen molar-refractivity contribution in [2.75, 3.05) is 0 Å². The van der Waals surface area contributed by atoms with Gasteiger partial charge >= 0.3 is 0 Å². The molecule has 0 saturated heterocycles. The molecule has 0 unspecified atom stereocenters. The molecule has 4 aromatic rings. The fourth-order valence-electron chi connectivity index (χ4n) is 3.54. The van der Waals surface area contributed by atoms with Crippen LogP contribution in [0.5, 0.6) is 0 Å². The number of benzene rings is 3. The van der Waals surface area contributed by atoms with Crippen molar-refractivity contribution in [1.29, 1.82) is 0 Å². The molecule has 0 spiro atoms. The summed E-state index contributed by atoms with van der Waals surface area (Å²) in [5, 5.41) is 1.75. The van der Waals surface area contributed by atoms with Gasteiger partial charge < -0.3 is 4.57 Å². The van der Waals surface area contributed by atoms with Crippen molar-refractivity contribution in [3.05, 3.63) is 77.3 Å². The van der Waals surface area contributed by atoms with E-state index in [2.05, 4.69) is 0 Å². The van der Waals surface area contributed by atoms with Crippen LogP contribution in [-0.2, 0) is 5.41 Å². The molecule has 0 N–H and O–H groups in total. The van der Waals surface area contributed by atoms with Crippen molar-refractivity contribution in [3.8, 4) is 5.69 Å². The third kappa shape index (κ3) is 2.46. The molecule has 25 heavy (non-hydrogen) atoms. The van der Waals surface area contributed by atoms with E-state index in [-0.39, 0.29) is 34.5 Å². The van der Waals surface area contributed by atoms with Gasteiger partial charge in [-0.15, -0.1) is 0 Å². The SMILES string of the molecule is [2H]c1c(-n2c3ccccc3c3ccccc32)c([2H])c(C([2H])([2H])[2H])c(C(C)(C)C)c1C([2H])([2H])[2H]. The van der Waals surface area contributed by atoms with E-state index >= 15 is 0 Å². The standard InChI is InChI=1S/C24H25N/c1-16-14-18(15-17(2)23(16)24(3,4)5)25-21-12-8-6-10-19(21)20-11-7-9-13-22(20)25/h6-15H,1-5H3/i1D3,2D3,14D,15D. The molecule has 0 aliphatic heterocycles. The molecule has 0 atom stereocenters. The second-order valence-corrected chi connectivity index (χ2v) is 7.34. The van der Waals surface area contributed by atoms with Crippen LogP contribution in [0.4, 0.5) is 0 Å². The zero-order chi connectivity index (χ0) is 24.5. The van der Waals surface area contributed by atoms with Crippen molar-refractivity contribution in [1.82, 2.24) is 4.57 Å². The summed E-state index contributed by atoms with van der Waals surface area (Å²) in [5.41, 5.74) is -0.171. The summed E-state index contributed by atoms with van der Waals surface area (Å²) in [7, 11) is 0. The third-order valence-corrected chi connectivity index (χ3v) is 4.54. The van der Waals surface area contributed by atoms with Crippen molar-refractivity contribution < 1.29 is 11.0 Å². The normalized spacial score (nSPS) is 17.9. The number of rotatable bonds is 1. The highest BCUT2D eigenvalue weighted by Crippen LogP contribution is 2.35. The van der Waals surface area contributed by atoms with Crippen LogP contribution in [-0.4, -0.2) is 4.57 Å². The summed E-state index contributed by atoms with van der Waals surface area (Å²) in [6, 6.07) is 14.2. The lowest BCUT2D eigenvalue weighted by Gasteiger charge is -2.25. The zero-order valence-electron chi connectivity index (χ0n) is 22.6. The fraction of sp³-hybridized carbons (Fsp3) is 0.250. The molecule has 0 bridgehead atoms. The Kier molecular flexibility index (Phi) is 2.03. The number of fused-ring (bicyclic) bond motifs is 3. The maximum Gasteiger partial charge on any atom is 0.0648 e. The van der Waals surface area contributed by atoms with E-state index in [9.17, 15) is 0 Å². The Balaban J connectivity index is 2.33. The van der Waals surface area contributed by atoms with E-state index in [4.69, 9.17) is 11.0 Å². The van der Waals surface area contributed by atoms with Gasteiger partial charge in [0.2, 0.25) is 0 Å². The lowest BCUT2D eigenvalue weighted by atomic mass is 9.81. The molecule has 0 aliphatic carbocycles. The summed E-state index contributed by atoms with van der Waals surface area (Å²) in [6.07, 6.45) is 0. The van der Waals surface area contributed by atoms with E-state index in [1.807, 2.05) is 48.5 Å². The van der Waals surface area contributed by atoms with Crippen molar-refractivity contribution in [2.24, 2.45) is 0 Å². The molecular formula is C24H25N. The van der Waals surface area contributed by atoms with Gasteiger partial charge in [-0.05, 0) is 60.0 Å². The first kappa shape index (κ1) is 9.24. The maximum atomic E-state index is 9.01.